The summed E-state index contributed by atoms with van der Waals surface area (Å²) in [5.41, 5.74) is 0.789. The minimum Gasteiger partial charge on any atom is -0.495 e. The van der Waals surface area contributed by atoms with E-state index in [2.05, 4.69) is 10.0 Å². The summed E-state index contributed by atoms with van der Waals surface area (Å²) in [6.07, 6.45) is 0. The van der Waals surface area contributed by atoms with Crippen molar-refractivity contribution in [3.63, 3.8) is 0 Å². The van der Waals surface area contributed by atoms with E-state index in [0.717, 1.165) is 0 Å². The summed E-state index contributed by atoms with van der Waals surface area (Å²) < 4.78 is 38.9. The molecule has 3 aromatic carbocycles. The molecule has 0 aliphatic carbocycles. The molecule has 7 nitrogen and oxygen atoms in total. The highest BCUT2D eigenvalue weighted by Gasteiger charge is 2.23. The smallest absolute Gasteiger partial charge is 0.263 e. The van der Waals surface area contributed by atoms with E-state index < -0.39 is 15.9 Å². The van der Waals surface area contributed by atoms with Gasteiger partial charge in [-0.3, -0.25) is 9.52 Å². The van der Waals surface area contributed by atoms with E-state index in [-0.39, 0.29) is 38.5 Å². The summed E-state index contributed by atoms with van der Waals surface area (Å²) in [4.78, 5) is 12.4. The van der Waals surface area contributed by atoms with Crippen LogP contribution in [-0.2, 0) is 16.6 Å². The second-order valence-corrected chi connectivity index (χ2v) is 10.2. The van der Waals surface area contributed by atoms with Crippen LogP contribution in [0.4, 0.5) is 5.69 Å². The predicted octanol–water partition coefficient (Wildman–Crippen LogP) is 6.05. The maximum atomic E-state index is 13.1. The first-order valence-corrected chi connectivity index (χ1v) is 12.5. The Bertz CT molecular complexity index is 1350. The summed E-state index contributed by atoms with van der Waals surface area (Å²) in [5, 5.41) is 3.63. The van der Waals surface area contributed by atoms with E-state index in [0.29, 0.717) is 21.4 Å². The Balaban J connectivity index is 1.86. The largest absolute Gasteiger partial charge is 0.495 e. The fourth-order valence-corrected chi connectivity index (χ4v) is 5.24. The lowest BCUT2D eigenvalue weighted by Crippen LogP contribution is -2.23. The molecule has 2 N–H and O–H groups in total. The molecule has 180 valence electrons. The number of ether oxygens (including phenoxy) is 2. The molecule has 0 saturated carbocycles. The van der Waals surface area contributed by atoms with Gasteiger partial charge in [0.1, 0.15) is 16.4 Å². The van der Waals surface area contributed by atoms with Crippen LogP contribution in [0.2, 0.25) is 20.1 Å². The number of halogens is 4. The second kappa shape index (κ2) is 10.9. The Morgan fingerprint density at radius 1 is 0.853 bits per heavy atom. The van der Waals surface area contributed by atoms with Crippen molar-refractivity contribution < 1.29 is 22.7 Å². The number of carbonyl (C=O) groups excluding carboxylic acids is 1. The third-order valence-electron chi connectivity index (χ3n) is 4.66. The summed E-state index contributed by atoms with van der Waals surface area (Å²) in [6.45, 7) is 0.110. The number of nitrogens with one attached hydrogen (secondary N) is 2. The van der Waals surface area contributed by atoms with Crippen LogP contribution in [0.25, 0.3) is 0 Å². The first-order chi connectivity index (χ1) is 16.1. The molecule has 3 aromatic rings. The Labute approximate surface area is 216 Å². The van der Waals surface area contributed by atoms with Crippen LogP contribution in [0.15, 0.2) is 53.4 Å². The van der Waals surface area contributed by atoms with Crippen molar-refractivity contribution in [2.75, 3.05) is 18.9 Å². The summed E-state index contributed by atoms with van der Waals surface area (Å²) in [5.74, 6) is -0.0437. The van der Waals surface area contributed by atoms with Gasteiger partial charge in [-0.15, -0.1) is 0 Å². The number of hydrogen-bond acceptors (Lipinski definition) is 5. The molecule has 34 heavy (non-hydrogen) atoms. The Morgan fingerprint density at radius 3 is 2.21 bits per heavy atom. The zero-order chi connectivity index (χ0) is 25.0. The minimum absolute atomic E-state index is 0.0663. The van der Waals surface area contributed by atoms with E-state index in [4.69, 9.17) is 55.9 Å². The minimum atomic E-state index is -4.22. The van der Waals surface area contributed by atoms with Crippen molar-refractivity contribution in [3.05, 3.63) is 79.7 Å². The third kappa shape index (κ3) is 6.00. The zero-order valence-corrected chi connectivity index (χ0v) is 21.6. The van der Waals surface area contributed by atoms with Crippen molar-refractivity contribution in [3.8, 4) is 11.5 Å². The molecule has 0 aliphatic heterocycles. The fraction of sp³-hybridized carbons (Fsp3) is 0.136. The monoisotopic (exact) mass is 562 g/mol. The van der Waals surface area contributed by atoms with Gasteiger partial charge >= 0.3 is 0 Å². The molecule has 0 atom stereocenters. The lowest BCUT2D eigenvalue weighted by molar-refractivity contribution is 0.0950. The molecule has 0 saturated heterocycles. The summed E-state index contributed by atoms with van der Waals surface area (Å²) >= 11 is 24.3. The van der Waals surface area contributed by atoms with Crippen LogP contribution < -0.4 is 19.5 Å². The lowest BCUT2D eigenvalue weighted by Gasteiger charge is -2.15. The van der Waals surface area contributed by atoms with Gasteiger partial charge in [-0.2, -0.15) is 0 Å². The van der Waals surface area contributed by atoms with Crippen LogP contribution in [0.3, 0.4) is 0 Å². The number of sulfonamides is 1. The van der Waals surface area contributed by atoms with E-state index in [9.17, 15) is 13.2 Å². The van der Waals surface area contributed by atoms with Gasteiger partial charge in [-0.25, -0.2) is 8.42 Å². The number of hydrogen-bond donors (Lipinski definition) is 2. The molecule has 0 heterocycles. The molecule has 1 amide bonds. The molecule has 0 radical (unpaired) electrons. The molecule has 0 aliphatic rings. The number of carbonyl (C=O) groups is 1. The van der Waals surface area contributed by atoms with Crippen molar-refractivity contribution in [2.24, 2.45) is 0 Å². The third-order valence-corrected chi connectivity index (χ3v) is 7.39. The number of rotatable bonds is 8. The highest BCUT2D eigenvalue weighted by atomic mass is 35.5. The van der Waals surface area contributed by atoms with Gasteiger partial charge in [0.25, 0.3) is 15.9 Å². The Kier molecular flexibility index (Phi) is 8.43. The van der Waals surface area contributed by atoms with E-state index in [1.54, 1.807) is 18.2 Å². The highest BCUT2D eigenvalue weighted by molar-refractivity contribution is 7.92. The van der Waals surface area contributed by atoms with Crippen molar-refractivity contribution in [1.29, 1.82) is 0 Å². The Hall–Kier alpha value is -2.36. The van der Waals surface area contributed by atoms with Gasteiger partial charge in [0.05, 0.1) is 30.0 Å². The van der Waals surface area contributed by atoms with Gasteiger partial charge in [0.2, 0.25) is 0 Å². The topological polar surface area (TPSA) is 93.7 Å². The quantitative estimate of drug-likeness (QED) is 0.348. The standard InChI is InChI=1S/C22H18Cl4N2O5S/c1-32-19-10-20(33-2)18(9-17(19)26)28-34(30,31)21-7-12(4-6-15(21)24)22(29)27-11-13-3-5-14(23)8-16(13)25/h3-10,28H,11H2,1-2H3,(H,27,29). The summed E-state index contributed by atoms with van der Waals surface area (Å²) in [7, 11) is -1.44. The number of anilines is 1. The predicted molar refractivity (Wildman–Crippen MR) is 134 cm³/mol. The van der Waals surface area contributed by atoms with Crippen molar-refractivity contribution >= 4 is 68.0 Å². The molecule has 0 spiro atoms. The Morgan fingerprint density at radius 2 is 1.56 bits per heavy atom. The first kappa shape index (κ1) is 26.2. The van der Waals surface area contributed by atoms with Crippen LogP contribution in [-0.4, -0.2) is 28.5 Å². The van der Waals surface area contributed by atoms with Gasteiger partial charge in [0, 0.05) is 28.2 Å². The van der Waals surface area contributed by atoms with Crippen LogP contribution in [0.5, 0.6) is 11.5 Å². The van der Waals surface area contributed by atoms with E-state index >= 15 is 0 Å². The summed E-state index contributed by atoms with van der Waals surface area (Å²) in [6, 6.07) is 11.6. The van der Waals surface area contributed by atoms with E-state index in [1.165, 1.54) is 44.6 Å². The maximum absolute atomic E-state index is 13.1. The first-order valence-electron chi connectivity index (χ1n) is 9.51. The van der Waals surface area contributed by atoms with Gasteiger partial charge in [-0.05, 0) is 42.0 Å². The molecule has 0 fully saturated rings. The van der Waals surface area contributed by atoms with Crippen LogP contribution in [0, 0.1) is 0 Å². The fourth-order valence-electron chi connectivity index (χ4n) is 2.93. The van der Waals surface area contributed by atoms with Gasteiger partial charge in [-0.1, -0.05) is 52.5 Å². The van der Waals surface area contributed by atoms with E-state index in [1.807, 2.05) is 0 Å². The number of methoxy groups -OCH3 is 2. The molecule has 0 bridgehead atoms. The van der Waals surface area contributed by atoms with Gasteiger partial charge < -0.3 is 14.8 Å². The highest BCUT2D eigenvalue weighted by Crippen LogP contribution is 2.37. The average molecular weight is 564 g/mol. The van der Waals surface area contributed by atoms with Crippen LogP contribution in [0.1, 0.15) is 15.9 Å². The molecule has 3 rings (SSSR count). The molecule has 0 unspecified atom stereocenters. The number of amides is 1. The molecular weight excluding hydrogens is 546 g/mol. The molecule has 12 heteroatoms. The second-order valence-electron chi connectivity index (χ2n) is 6.86. The normalized spacial score (nSPS) is 11.1. The average Bonchev–Trinajstić information content (AvgIpc) is 2.78. The van der Waals surface area contributed by atoms with Crippen molar-refractivity contribution in [2.45, 2.75) is 11.4 Å². The van der Waals surface area contributed by atoms with Gasteiger partial charge in [0.15, 0.2) is 0 Å². The molecular formula is C22H18Cl4N2O5S. The zero-order valence-electron chi connectivity index (χ0n) is 17.8. The SMILES string of the molecule is COc1cc(OC)c(NS(=O)(=O)c2cc(C(=O)NCc3ccc(Cl)cc3Cl)ccc2Cl)cc1Cl. The van der Waals surface area contributed by atoms with Crippen LogP contribution >= 0.6 is 46.4 Å². The van der Waals surface area contributed by atoms with Crippen molar-refractivity contribution in [1.82, 2.24) is 5.32 Å². The lowest BCUT2D eigenvalue weighted by atomic mass is 10.2. The number of benzene rings is 3. The molecule has 0 aromatic heterocycles. The maximum Gasteiger partial charge on any atom is 0.263 e.